The van der Waals surface area contributed by atoms with Crippen LogP contribution in [0.5, 0.6) is 0 Å². The Morgan fingerprint density at radius 2 is 1.89 bits per heavy atom. The topological polar surface area (TPSA) is 72.2 Å². The second-order valence-corrected chi connectivity index (χ2v) is 6.97. The van der Waals surface area contributed by atoms with Gasteiger partial charge in [-0.2, -0.15) is 0 Å². The molecule has 0 saturated heterocycles. The Balaban J connectivity index is 2.26. The molecule has 1 saturated carbocycles. The molecule has 1 fully saturated rings. The van der Waals surface area contributed by atoms with Gasteiger partial charge in [-0.15, -0.1) is 0 Å². The molecule has 0 aliphatic heterocycles. The lowest BCUT2D eigenvalue weighted by Gasteiger charge is -2.13. The summed E-state index contributed by atoms with van der Waals surface area (Å²) in [4.78, 5) is 0.232. The summed E-state index contributed by atoms with van der Waals surface area (Å²) < 4.78 is 27.2. The molecule has 3 N–H and O–H groups in total. The zero-order chi connectivity index (χ0) is 13.5. The number of nitrogens with two attached hydrogens (primary N) is 1. The summed E-state index contributed by atoms with van der Waals surface area (Å²) >= 11 is 0. The van der Waals surface area contributed by atoms with Crippen molar-refractivity contribution in [3.63, 3.8) is 0 Å². The fraction of sp³-hybridized carbons (Fsp3) is 0.538. The fourth-order valence-electron chi connectivity index (χ4n) is 2.14. The molecular weight excluding hydrogens is 248 g/mol. The zero-order valence-corrected chi connectivity index (χ0v) is 11.8. The second-order valence-electron chi connectivity index (χ2n) is 5.27. The quantitative estimate of drug-likeness (QED) is 0.818. The van der Waals surface area contributed by atoms with E-state index in [1.807, 2.05) is 13.0 Å². The maximum absolute atomic E-state index is 12.3. The van der Waals surface area contributed by atoms with E-state index >= 15 is 0 Å². The molecule has 0 bridgehead atoms. The third kappa shape index (κ3) is 2.52. The van der Waals surface area contributed by atoms with Gasteiger partial charge in [0.15, 0.2) is 0 Å². The van der Waals surface area contributed by atoms with Crippen molar-refractivity contribution in [2.24, 2.45) is 11.8 Å². The summed E-state index contributed by atoms with van der Waals surface area (Å²) in [6.07, 6.45) is 1.10. The first-order chi connectivity index (χ1) is 8.33. The molecular formula is C13H20N2O2S. The number of hydrogen-bond donors (Lipinski definition) is 2. The molecule has 2 rings (SSSR count). The minimum Gasteiger partial charge on any atom is -0.397 e. The predicted molar refractivity (Wildman–Crippen MR) is 72.8 cm³/mol. The maximum Gasteiger partial charge on any atom is 0.242 e. The largest absolute Gasteiger partial charge is 0.397 e. The summed E-state index contributed by atoms with van der Waals surface area (Å²) in [5.41, 5.74) is 7.73. The van der Waals surface area contributed by atoms with Gasteiger partial charge in [0.25, 0.3) is 0 Å². The van der Waals surface area contributed by atoms with Crippen molar-refractivity contribution < 1.29 is 8.42 Å². The van der Waals surface area contributed by atoms with E-state index in [1.54, 1.807) is 13.0 Å². The van der Waals surface area contributed by atoms with Gasteiger partial charge in [-0.25, -0.2) is 13.1 Å². The van der Waals surface area contributed by atoms with Gasteiger partial charge in [0.2, 0.25) is 10.0 Å². The lowest BCUT2D eigenvalue weighted by molar-refractivity contribution is 0.574. The molecule has 0 spiro atoms. The minimum atomic E-state index is -3.50. The second kappa shape index (κ2) is 4.55. The van der Waals surface area contributed by atoms with E-state index < -0.39 is 10.0 Å². The van der Waals surface area contributed by atoms with E-state index in [9.17, 15) is 8.42 Å². The normalized spacial score (nSPS) is 23.1. The zero-order valence-electron chi connectivity index (χ0n) is 11.0. The van der Waals surface area contributed by atoms with E-state index in [2.05, 4.69) is 11.6 Å². The fourth-order valence-corrected chi connectivity index (χ4v) is 3.66. The summed E-state index contributed by atoms with van der Waals surface area (Å²) in [5, 5.41) is 0. The van der Waals surface area contributed by atoms with Crippen LogP contribution in [0, 0.1) is 25.7 Å². The molecule has 0 aromatic heterocycles. The van der Waals surface area contributed by atoms with Crippen molar-refractivity contribution >= 4 is 15.7 Å². The number of aryl methyl sites for hydroxylation is 2. The molecule has 18 heavy (non-hydrogen) atoms. The van der Waals surface area contributed by atoms with Gasteiger partial charge in [0.05, 0.1) is 5.69 Å². The average molecular weight is 268 g/mol. The number of hydrogen-bond acceptors (Lipinski definition) is 3. The molecule has 1 aromatic carbocycles. The van der Waals surface area contributed by atoms with Gasteiger partial charge in [-0.05, 0) is 43.2 Å². The van der Waals surface area contributed by atoms with Crippen LogP contribution >= 0.6 is 0 Å². The monoisotopic (exact) mass is 268 g/mol. The number of sulfonamides is 1. The van der Waals surface area contributed by atoms with E-state index in [0.717, 1.165) is 12.0 Å². The molecule has 0 heterocycles. The SMILES string of the molecule is Cc1ccc(C)c(S(=O)(=O)NCC2CC2C)c1N. The molecule has 2 atom stereocenters. The van der Waals surface area contributed by atoms with Crippen molar-refractivity contribution in [3.8, 4) is 0 Å². The standard InChI is InChI=1S/C13H20N2O2S/c1-8-4-5-9(2)13(12(8)14)18(16,17)15-7-11-6-10(11)3/h4-5,10-11,15H,6-7,14H2,1-3H3. The Morgan fingerprint density at radius 1 is 1.33 bits per heavy atom. The summed E-state index contributed by atoms with van der Waals surface area (Å²) in [6, 6.07) is 3.63. The molecule has 0 amide bonds. The van der Waals surface area contributed by atoms with Crippen LogP contribution in [0.15, 0.2) is 17.0 Å². The Kier molecular flexibility index (Phi) is 3.38. The smallest absolute Gasteiger partial charge is 0.242 e. The predicted octanol–water partition coefficient (Wildman–Crippen LogP) is 1.82. The Hall–Kier alpha value is -1.07. The van der Waals surface area contributed by atoms with Crippen LogP contribution in [-0.4, -0.2) is 15.0 Å². The molecule has 100 valence electrons. The highest BCUT2D eigenvalue weighted by molar-refractivity contribution is 7.89. The van der Waals surface area contributed by atoms with Crippen molar-refractivity contribution in [2.75, 3.05) is 12.3 Å². The third-order valence-electron chi connectivity index (χ3n) is 3.69. The Bertz CT molecular complexity index is 567. The van der Waals surface area contributed by atoms with Crippen LogP contribution in [0.4, 0.5) is 5.69 Å². The van der Waals surface area contributed by atoms with Crippen LogP contribution in [0.25, 0.3) is 0 Å². The lowest BCUT2D eigenvalue weighted by atomic mass is 10.1. The summed E-state index contributed by atoms with van der Waals surface area (Å²) in [5.74, 6) is 1.11. The van der Waals surface area contributed by atoms with Crippen molar-refractivity contribution in [1.29, 1.82) is 0 Å². The summed E-state index contributed by atoms with van der Waals surface area (Å²) in [7, 11) is -3.50. The van der Waals surface area contributed by atoms with Crippen molar-refractivity contribution in [3.05, 3.63) is 23.3 Å². The van der Waals surface area contributed by atoms with E-state index in [1.165, 1.54) is 0 Å². The number of anilines is 1. The highest BCUT2D eigenvalue weighted by Gasteiger charge is 2.34. The van der Waals surface area contributed by atoms with Gasteiger partial charge in [-0.1, -0.05) is 19.1 Å². The Morgan fingerprint density at radius 3 is 2.44 bits per heavy atom. The average Bonchev–Trinajstić information content (AvgIpc) is 2.98. The van der Waals surface area contributed by atoms with E-state index in [0.29, 0.717) is 29.6 Å². The first kappa shape index (κ1) is 13.4. The van der Waals surface area contributed by atoms with Crippen molar-refractivity contribution in [1.82, 2.24) is 4.72 Å². The lowest BCUT2D eigenvalue weighted by Crippen LogP contribution is -2.27. The van der Waals surface area contributed by atoms with Crippen molar-refractivity contribution in [2.45, 2.75) is 32.1 Å². The number of rotatable bonds is 4. The summed E-state index contributed by atoms with van der Waals surface area (Å²) in [6.45, 7) is 6.22. The molecule has 1 aliphatic rings. The molecule has 1 aromatic rings. The van der Waals surface area contributed by atoms with E-state index in [4.69, 9.17) is 5.73 Å². The first-order valence-electron chi connectivity index (χ1n) is 6.18. The van der Waals surface area contributed by atoms with E-state index in [-0.39, 0.29) is 4.90 Å². The molecule has 2 unspecified atom stereocenters. The molecule has 1 aliphatic carbocycles. The van der Waals surface area contributed by atoms with Crippen LogP contribution in [-0.2, 0) is 10.0 Å². The first-order valence-corrected chi connectivity index (χ1v) is 7.66. The number of nitrogen functional groups attached to an aromatic ring is 1. The van der Waals surface area contributed by atoms with Gasteiger partial charge in [0.1, 0.15) is 4.90 Å². The van der Waals surface area contributed by atoms with Crippen LogP contribution in [0.2, 0.25) is 0 Å². The van der Waals surface area contributed by atoms with Crippen LogP contribution < -0.4 is 10.5 Å². The highest BCUT2D eigenvalue weighted by Crippen LogP contribution is 2.37. The van der Waals surface area contributed by atoms with Gasteiger partial charge < -0.3 is 5.73 Å². The third-order valence-corrected chi connectivity index (χ3v) is 5.32. The van der Waals surface area contributed by atoms with Gasteiger partial charge in [0, 0.05) is 6.54 Å². The highest BCUT2D eigenvalue weighted by atomic mass is 32.2. The van der Waals surface area contributed by atoms with Crippen LogP contribution in [0.3, 0.4) is 0 Å². The molecule has 5 heteroatoms. The minimum absolute atomic E-state index is 0.232. The number of nitrogens with one attached hydrogen (secondary N) is 1. The molecule has 4 nitrogen and oxygen atoms in total. The van der Waals surface area contributed by atoms with Gasteiger partial charge >= 0.3 is 0 Å². The van der Waals surface area contributed by atoms with Gasteiger partial charge in [-0.3, -0.25) is 0 Å². The Labute approximate surface area is 109 Å². The van der Waals surface area contributed by atoms with Crippen LogP contribution in [0.1, 0.15) is 24.5 Å². The number of benzene rings is 1. The maximum atomic E-state index is 12.3. The molecule has 0 radical (unpaired) electrons.